The molecule has 82 valence electrons. The van der Waals surface area contributed by atoms with Crippen LogP contribution >= 0.6 is 11.3 Å². The second kappa shape index (κ2) is 3.75. The molecule has 0 N–H and O–H groups in total. The predicted octanol–water partition coefficient (Wildman–Crippen LogP) is 3.92. The Labute approximate surface area is 95.5 Å². The fraction of sp³-hybridized carbons (Fsp3) is 0.615. The molecule has 1 saturated carbocycles. The van der Waals surface area contributed by atoms with Gasteiger partial charge in [-0.25, -0.2) is 0 Å². The van der Waals surface area contributed by atoms with Crippen LogP contribution in [0, 0.1) is 12.3 Å². The molecule has 0 amide bonds. The van der Waals surface area contributed by atoms with E-state index in [1.165, 1.54) is 10.4 Å². The van der Waals surface area contributed by atoms with E-state index in [-0.39, 0.29) is 5.41 Å². The number of ketones is 1. The van der Waals surface area contributed by atoms with Crippen molar-refractivity contribution >= 4 is 17.1 Å². The molecular formula is C13H18OS. The van der Waals surface area contributed by atoms with Crippen LogP contribution in [0.2, 0.25) is 0 Å². The minimum absolute atomic E-state index is 0.279. The fourth-order valence-electron chi connectivity index (χ4n) is 2.46. The van der Waals surface area contributed by atoms with Crippen LogP contribution in [-0.4, -0.2) is 5.78 Å². The Bertz CT molecular complexity index is 376. The van der Waals surface area contributed by atoms with E-state index >= 15 is 0 Å². The van der Waals surface area contributed by atoms with Crippen molar-refractivity contribution in [2.75, 3.05) is 0 Å². The monoisotopic (exact) mass is 222 g/mol. The van der Waals surface area contributed by atoms with Crippen LogP contribution < -0.4 is 0 Å². The highest BCUT2D eigenvalue weighted by atomic mass is 32.1. The Kier molecular flexibility index (Phi) is 2.72. The first-order valence-electron chi connectivity index (χ1n) is 5.56. The minimum Gasteiger partial charge on any atom is -0.300 e. The van der Waals surface area contributed by atoms with E-state index in [0.717, 1.165) is 19.3 Å². The van der Waals surface area contributed by atoms with Gasteiger partial charge in [0.2, 0.25) is 0 Å². The van der Waals surface area contributed by atoms with E-state index in [4.69, 9.17) is 0 Å². The topological polar surface area (TPSA) is 17.1 Å². The summed E-state index contributed by atoms with van der Waals surface area (Å²) < 4.78 is 0. The zero-order chi connectivity index (χ0) is 11.1. The lowest BCUT2D eigenvalue weighted by Gasteiger charge is -2.37. The smallest absolute Gasteiger partial charge is 0.133 e. The first-order chi connectivity index (χ1) is 6.99. The highest BCUT2D eigenvalue weighted by Crippen LogP contribution is 2.46. The number of carbonyl (C=O) groups is 1. The van der Waals surface area contributed by atoms with Gasteiger partial charge in [0.15, 0.2) is 0 Å². The summed E-state index contributed by atoms with van der Waals surface area (Å²) in [5.74, 6) is 0.867. The zero-order valence-electron chi connectivity index (χ0n) is 9.67. The van der Waals surface area contributed by atoms with Crippen molar-refractivity contribution in [1.82, 2.24) is 0 Å². The molecule has 15 heavy (non-hydrogen) atoms. The lowest BCUT2D eigenvalue weighted by Crippen LogP contribution is -2.30. The summed E-state index contributed by atoms with van der Waals surface area (Å²) >= 11 is 1.79. The second-order valence-electron chi connectivity index (χ2n) is 5.27. The lowest BCUT2D eigenvalue weighted by molar-refractivity contribution is -0.122. The van der Waals surface area contributed by atoms with Crippen LogP contribution in [0.3, 0.4) is 0 Å². The van der Waals surface area contributed by atoms with Crippen molar-refractivity contribution in [1.29, 1.82) is 0 Å². The molecule has 0 radical (unpaired) electrons. The molecule has 1 heterocycles. The molecule has 0 spiro atoms. The van der Waals surface area contributed by atoms with E-state index in [1.807, 2.05) is 0 Å². The van der Waals surface area contributed by atoms with Gasteiger partial charge in [-0.2, -0.15) is 0 Å². The van der Waals surface area contributed by atoms with Gasteiger partial charge in [-0.3, -0.25) is 4.79 Å². The molecule has 0 saturated heterocycles. The van der Waals surface area contributed by atoms with Crippen LogP contribution in [0.5, 0.6) is 0 Å². The SMILES string of the molecule is Cc1cc(C2CC(=O)CCC2(C)C)cs1. The first-order valence-corrected chi connectivity index (χ1v) is 6.44. The highest BCUT2D eigenvalue weighted by Gasteiger charge is 2.36. The molecule has 0 bridgehead atoms. The number of aryl methyl sites for hydroxylation is 1. The minimum atomic E-state index is 0.279. The summed E-state index contributed by atoms with van der Waals surface area (Å²) in [4.78, 5) is 12.9. The molecule has 0 aromatic carbocycles. The third kappa shape index (κ3) is 2.15. The second-order valence-corrected chi connectivity index (χ2v) is 6.39. The quantitative estimate of drug-likeness (QED) is 0.704. The maximum Gasteiger partial charge on any atom is 0.133 e. The number of rotatable bonds is 1. The van der Waals surface area contributed by atoms with Crippen LogP contribution in [0.4, 0.5) is 0 Å². The lowest BCUT2D eigenvalue weighted by atomic mass is 9.66. The van der Waals surface area contributed by atoms with E-state index in [2.05, 4.69) is 32.2 Å². The molecule has 2 heteroatoms. The Morgan fingerprint density at radius 2 is 2.20 bits per heavy atom. The molecule has 1 fully saturated rings. The summed E-state index contributed by atoms with van der Waals surface area (Å²) in [5.41, 5.74) is 1.65. The van der Waals surface area contributed by atoms with Crippen molar-refractivity contribution in [3.05, 3.63) is 21.9 Å². The summed E-state index contributed by atoms with van der Waals surface area (Å²) in [6.07, 6.45) is 2.54. The van der Waals surface area contributed by atoms with E-state index < -0.39 is 0 Å². The predicted molar refractivity (Wildman–Crippen MR) is 64.4 cm³/mol. The van der Waals surface area contributed by atoms with Gasteiger partial charge >= 0.3 is 0 Å². The zero-order valence-corrected chi connectivity index (χ0v) is 10.5. The summed E-state index contributed by atoms with van der Waals surface area (Å²) in [5, 5.41) is 2.22. The van der Waals surface area contributed by atoms with Crippen molar-refractivity contribution in [2.45, 2.75) is 46.0 Å². The number of Topliss-reactive ketones (excluding diaryl/α,β-unsaturated/α-hetero) is 1. The number of thiophene rings is 1. The molecule has 1 nitrogen and oxygen atoms in total. The van der Waals surface area contributed by atoms with Crippen molar-refractivity contribution in [2.24, 2.45) is 5.41 Å². The van der Waals surface area contributed by atoms with Gasteiger partial charge in [-0.1, -0.05) is 13.8 Å². The van der Waals surface area contributed by atoms with Crippen LogP contribution in [0.1, 0.15) is 49.5 Å². The van der Waals surface area contributed by atoms with Gasteiger partial charge in [0.25, 0.3) is 0 Å². The van der Waals surface area contributed by atoms with Gasteiger partial charge in [0.1, 0.15) is 5.78 Å². The first kappa shape index (κ1) is 10.9. The standard InChI is InChI=1S/C13H18OS/c1-9-6-10(8-15-9)12-7-11(14)4-5-13(12,2)3/h6,8,12H,4-5,7H2,1-3H3. The van der Waals surface area contributed by atoms with Crippen LogP contribution in [-0.2, 0) is 4.79 Å². The molecule has 1 atom stereocenters. The van der Waals surface area contributed by atoms with Crippen molar-refractivity contribution in [3.63, 3.8) is 0 Å². The van der Waals surface area contributed by atoms with Gasteiger partial charge in [0.05, 0.1) is 0 Å². The molecule has 1 aromatic rings. The van der Waals surface area contributed by atoms with Gasteiger partial charge in [0, 0.05) is 17.7 Å². The third-order valence-corrected chi connectivity index (χ3v) is 4.46. The Balaban J connectivity index is 2.29. The number of hydrogen-bond acceptors (Lipinski definition) is 2. The van der Waals surface area contributed by atoms with E-state index in [9.17, 15) is 4.79 Å². The Morgan fingerprint density at radius 1 is 1.47 bits per heavy atom. The van der Waals surface area contributed by atoms with Gasteiger partial charge < -0.3 is 0 Å². The molecule has 0 aliphatic heterocycles. The summed E-state index contributed by atoms with van der Waals surface area (Å²) in [7, 11) is 0. The maximum absolute atomic E-state index is 11.5. The van der Waals surface area contributed by atoms with Gasteiger partial charge in [-0.05, 0) is 41.7 Å². The maximum atomic E-state index is 11.5. The normalized spacial score (nSPS) is 25.5. The Hall–Kier alpha value is -0.630. The molecule has 1 aliphatic carbocycles. The van der Waals surface area contributed by atoms with Crippen molar-refractivity contribution < 1.29 is 4.79 Å². The molecule has 1 unspecified atom stereocenters. The molecule has 1 aliphatic rings. The Morgan fingerprint density at radius 3 is 2.80 bits per heavy atom. The third-order valence-electron chi connectivity index (χ3n) is 3.58. The average Bonchev–Trinajstić information content (AvgIpc) is 2.56. The highest BCUT2D eigenvalue weighted by molar-refractivity contribution is 7.10. The molecule has 1 aromatic heterocycles. The van der Waals surface area contributed by atoms with E-state index in [1.54, 1.807) is 11.3 Å². The van der Waals surface area contributed by atoms with Crippen molar-refractivity contribution in [3.8, 4) is 0 Å². The number of carbonyl (C=O) groups excluding carboxylic acids is 1. The average molecular weight is 222 g/mol. The summed E-state index contributed by atoms with van der Waals surface area (Å²) in [6.45, 7) is 6.71. The molecule has 2 rings (SSSR count). The van der Waals surface area contributed by atoms with E-state index in [0.29, 0.717) is 11.7 Å². The van der Waals surface area contributed by atoms with Crippen LogP contribution in [0.25, 0.3) is 0 Å². The molecular weight excluding hydrogens is 204 g/mol. The number of hydrogen-bond donors (Lipinski definition) is 0. The fourth-order valence-corrected chi connectivity index (χ4v) is 3.22. The van der Waals surface area contributed by atoms with Gasteiger partial charge in [-0.15, -0.1) is 11.3 Å². The van der Waals surface area contributed by atoms with Crippen LogP contribution in [0.15, 0.2) is 11.4 Å². The largest absolute Gasteiger partial charge is 0.300 e. The summed E-state index contributed by atoms with van der Waals surface area (Å²) in [6, 6.07) is 2.25.